The molecule has 11 heteroatoms. The van der Waals surface area contributed by atoms with Crippen molar-refractivity contribution in [3.05, 3.63) is 108 Å². The number of rotatable bonds is 12. The van der Waals surface area contributed by atoms with Crippen molar-refractivity contribution in [2.24, 2.45) is 0 Å². The van der Waals surface area contributed by atoms with Crippen LogP contribution in [0.25, 0.3) is 11.4 Å². The van der Waals surface area contributed by atoms with Gasteiger partial charge in [0.1, 0.15) is 23.1 Å². The van der Waals surface area contributed by atoms with Crippen molar-refractivity contribution < 1.29 is 18.6 Å². The number of aryl methyl sites for hydroxylation is 1. The number of nitrogens with one attached hydrogen (secondary N) is 1. The number of aromatic nitrogens is 5. The number of hydrogen-bond donors (Lipinski definition) is 1. The van der Waals surface area contributed by atoms with E-state index in [4.69, 9.17) is 24.2 Å². The molecule has 5 rings (SSSR count). The predicted molar refractivity (Wildman–Crippen MR) is 167 cm³/mol. The van der Waals surface area contributed by atoms with Crippen LogP contribution in [0.3, 0.4) is 0 Å². The molecule has 1 radical (unpaired) electrons. The highest BCUT2D eigenvalue weighted by molar-refractivity contribution is 5.75. The molecule has 1 N–H and O–H groups in total. The maximum atomic E-state index is 14.4. The van der Waals surface area contributed by atoms with E-state index in [-0.39, 0.29) is 5.88 Å². The van der Waals surface area contributed by atoms with Crippen LogP contribution in [0.2, 0.25) is 0 Å². The third-order valence-corrected chi connectivity index (χ3v) is 6.83. The smallest absolute Gasteiger partial charge is 0.250 e. The minimum absolute atomic E-state index is 0.0915. The molecule has 3 heterocycles. The van der Waals surface area contributed by atoms with Crippen LogP contribution in [0, 0.1) is 19.2 Å². The quantitative estimate of drug-likeness (QED) is 0.176. The van der Waals surface area contributed by atoms with E-state index in [1.807, 2.05) is 74.9 Å². The molecule has 3 aromatic heterocycles. The zero-order chi connectivity index (χ0) is 31.1. The number of ether oxygens (including phenoxy) is 3. The number of anilines is 3. The largest absolute Gasteiger partial charge is 0.497 e. The van der Waals surface area contributed by atoms with Crippen molar-refractivity contribution in [2.45, 2.75) is 26.9 Å². The highest BCUT2D eigenvalue weighted by Crippen LogP contribution is 2.30. The molecule has 2 aromatic carbocycles. The lowest BCUT2D eigenvalue weighted by atomic mass is 10.1. The fourth-order valence-corrected chi connectivity index (χ4v) is 4.52. The van der Waals surface area contributed by atoms with Gasteiger partial charge in [-0.15, -0.1) is 0 Å². The summed E-state index contributed by atoms with van der Waals surface area (Å²) < 4.78 is 30.1. The van der Waals surface area contributed by atoms with Crippen LogP contribution >= 0.6 is 0 Å². The molecule has 0 aliphatic carbocycles. The number of hydrogen-bond acceptors (Lipinski definition) is 10. The third-order valence-electron chi connectivity index (χ3n) is 6.83. The summed E-state index contributed by atoms with van der Waals surface area (Å²) >= 11 is 0. The van der Waals surface area contributed by atoms with Crippen molar-refractivity contribution in [2.75, 3.05) is 31.5 Å². The van der Waals surface area contributed by atoms with Crippen LogP contribution in [0.5, 0.6) is 17.4 Å². The maximum Gasteiger partial charge on any atom is 0.250 e. The second kappa shape index (κ2) is 13.8. The van der Waals surface area contributed by atoms with Gasteiger partial charge in [-0.1, -0.05) is 31.2 Å². The molecule has 0 spiro atoms. The van der Waals surface area contributed by atoms with Gasteiger partial charge in [-0.05, 0) is 60.4 Å². The van der Waals surface area contributed by atoms with Crippen LogP contribution < -0.4 is 24.4 Å². The molecule has 44 heavy (non-hydrogen) atoms. The second-order valence-corrected chi connectivity index (χ2v) is 9.85. The topological polar surface area (TPSA) is 107 Å². The summed E-state index contributed by atoms with van der Waals surface area (Å²) in [5, 5.41) is 3.16. The Labute approximate surface area is 255 Å². The zero-order valence-electron chi connectivity index (χ0n) is 25.2. The lowest BCUT2D eigenvalue weighted by Crippen LogP contribution is -2.25. The fraction of sp³-hybridized carbons (Fsp3) is 0.212. The van der Waals surface area contributed by atoms with Crippen LogP contribution in [0.15, 0.2) is 73.1 Å². The summed E-state index contributed by atoms with van der Waals surface area (Å²) in [4.78, 5) is 25.1. The summed E-state index contributed by atoms with van der Waals surface area (Å²) in [5.74, 6) is 2.76. The van der Waals surface area contributed by atoms with Crippen LogP contribution in [0.1, 0.15) is 29.4 Å². The Kier molecular flexibility index (Phi) is 9.43. The van der Waals surface area contributed by atoms with Gasteiger partial charge in [0.25, 0.3) is 0 Å². The molecule has 0 saturated carbocycles. The normalized spacial score (nSPS) is 10.8. The monoisotopic (exact) mass is 594 g/mol. The summed E-state index contributed by atoms with van der Waals surface area (Å²) in [6.07, 6.45) is 5.13. The molecule has 5 aromatic rings. The van der Waals surface area contributed by atoms with Gasteiger partial charge in [0.2, 0.25) is 11.8 Å². The molecule has 0 saturated heterocycles. The standard InChI is InChI=1S/C33H33FN7O3/c1-6-22-15-28(30(35-17-22)39-25-16-29(34)32(44-5)36-18-25)31-37-21(2)38-33(40-31)41(19-23-7-11-26(42-3)12-8-23)20-24-9-13-27(43-4)14-10-24/h6-18H,19-20H2,1-5H3,(H,35,39). The predicted octanol–water partition coefficient (Wildman–Crippen LogP) is 6.32. The van der Waals surface area contributed by atoms with Gasteiger partial charge >= 0.3 is 0 Å². The average molecular weight is 595 g/mol. The lowest BCUT2D eigenvalue weighted by molar-refractivity contribution is 0.369. The number of methoxy groups -OCH3 is 3. The Morgan fingerprint density at radius 2 is 1.43 bits per heavy atom. The average Bonchev–Trinajstić information content (AvgIpc) is 3.05. The molecule has 0 atom stereocenters. The minimum atomic E-state index is -0.594. The van der Waals surface area contributed by atoms with Crippen LogP contribution in [-0.4, -0.2) is 46.2 Å². The summed E-state index contributed by atoms with van der Waals surface area (Å²) in [6, 6.07) is 19.0. The van der Waals surface area contributed by atoms with Crippen molar-refractivity contribution in [3.8, 4) is 28.8 Å². The van der Waals surface area contributed by atoms with Crippen molar-refractivity contribution in [3.63, 3.8) is 0 Å². The van der Waals surface area contributed by atoms with Gasteiger partial charge in [0.15, 0.2) is 11.6 Å². The first-order valence-corrected chi connectivity index (χ1v) is 13.9. The molecule has 0 aliphatic rings. The maximum absolute atomic E-state index is 14.4. The highest BCUT2D eigenvalue weighted by Gasteiger charge is 2.19. The summed E-state index contributed by atoms with van der Waals surface area (Å²) in [7, 11) is 4.65. The number of nitrogens with zero attached hydrogens (tertiary/aromatic N) is 6. The van der Waals surface area contributed by atoms with Crippen molar-refractivity contribution in [1.82, 2.24) is 24.9 Å². The second-order valence-electron chi connectivity index (χ2n) is 9.85. The first-order valence-electron chi connectivity index (χ1n) is 13.9. The molecule has 0 fully saturated rings. The molecular weight excluding hydrogens is 561 g/mol. The summed E-state index contributed by atoms with van der Waals surface area (Å²) in [5.41, 5.74) is 4.01. The van der Waals surface area contributed by atoms with E-state index in [1.165, 1.54) is 19.4 Å². The molecule has 10 nitrogen and oxygen atoms in total. The molecule has 0 amide bonds. The number of pyridine rings is 2. The van der Waals surface area contributed by atoms with Crippen molar-refractivity contribution >= 4 is 17.5 Å². The molecular formula is C33H33FN7O3. The van der Waals surface area contributed by atoms with Crippen molar-refractivity contribution in [1.29, 1.82) is 0 Å². The van der Waals surface area contributed by atoms with Gasteiger partial charge in [-0.2, -0.15) is 9.97 Å². The number of benzene rings is 2. The third kappa shape index (κ3) is 7.17. The summed E-state index contributed by atoms with van der Waals surface area (Å²) in [6.45, 7) is 4.81. The Hall–Kier alpha value is -5.32. The van der Waals surface area contributed by atoms with Crippen LogP contribution in [-0.2, 0) is 13.1 Å². The zero-order valence-corrected chi connectivity index (χ0v) is 25.2. The minimum Gasteiger partial charge on any atom is -0.497 e. The van der Waals surface area contributed by atoms with E-state index in [0.29, 0.717) is 47.8 Å². The van der Waals surface area contributed by atoms with Gasteiger partial charge in [-0.3, -0.25) is 0 Å². The molecule has 0 bridgehead atoms. The molecule has 225 valence electrons. The van der Waals surface area contributed by atoms with Gasteiger partial charge in [-0.25, -0.2) is 19.3 Å². The van der Waals surface area contributed by atoms with Crippen LogP contribution in [0.4, 0.5) is 21.8 Å². The molecule has 0 aliphatic heterocycles. The van der Waals surface area contributed by atoms with E-state index >= 15 is 0 Å². The van der Waals surface area contributed by atoms with E-state index in [9.17, 15) is 4.39 Å². The number of halogens is 1. The Balaban J connectivity index is 1.55. The Morgan fingerprint density at radius 1 is 0.795 bits per heavy atom. The van der Waals surface area contributed by atoms with E-state index in [2.05, 4.69) is 25.2 Å². The molecule has 0 unspecified atom stereocenters. The Bertz CT molecular complexity index is 1670. The fourth-order valence-electron chi connectivity index (χ4n) is 4.52. The highest BCUT2D eigenvalue weighted by atomic mass is 19.1. The Morgan fingerprint density at radius 3 is 1.98 bits per heavy atom. The first kappa shape index (κ1) is 30.1. The van der Waals surface area contributed by atoms with Gasteiger partial charge < -0.3 is 24.4 Å². The van der Waals surface area contributed by atoms with E-state index in [1.54, 1.807) is 20.4 Å². The first-order chi connectivity index (χ1) is 21.4. The van der Waals surface area contributed by atoms with Gasteiger partial charge in [0.05, 0.1) is 38.8 Å². The van der Waals surface area contributed by atoms with E-state index < -0.39 is 5.82 Å². The van der Waals surface area contributed by atoms with Gasteiger partial charge in [0, 0.05) is 25.4 Å². The van der Waals surface area contributed by atoms with E-state index in [0.717, 1.165) is 28.2 Å². The lowest BCUT2D eigenvalue weighted by Gasteiger charge is -2.24. The SMILES string of the molecule is C[CH]c1cnc(Nc2cnc(OC)c(F)c2)c(-c2nc(C)nc(N(Cc3ccc(OC)cc3)Cc3ccc(OC)cc3)n2)c1.